The Labute approximate surface area is 153 Å². The first-order chi connectivity index (χ1) is 12.7. The monoisotopic (exact) mass is 357 g/mol. The molecule has 0 aliphatic carbocycles. The molecule has 0 atom stereocenters. The van der Waals surface area contributed by atoms with Gasteiger partial charge in [-0.25, -0.2) is 14.6 Å². The Balaban J connectivity index is 2.00. The molecule has 26 heavy (non-hydrogen) atoms. The predicted molar refractivity (Wildman–Crippen MR) is 96.6 cm³/mol. The van der Waals surface area contributed by atoms with Crippen molar-refractivity contribution >= 4 is 11.9 Å². The van der Waals surface area contributed by atoms with Crippen molar-refractivity contribution in [2.75, 3.05) is 13.7 Å². The second-order valence-corrected chi connectivity index (χ2v) is 5.67. The van der Waals surface area contributed by atoms with Crippen LogP contribution in [0.5, 0.6) is 11.5 Å². The molecule has 0 saturated carbocycles. The Kier molecular flexibility index (Phi) is 7.61. The first kappa shape index (κ1) is 19.4. The van der Waals surface area contributed by atoms with Crippen molar-refractivity contribution in [3.63, 3.8) is 0 Å². The van der Waals surface area contributed by atoms with Gasteiger partial charge in [0.25, 0.3) is 0 Å². The summed E-state index contributed by atoms with van der Waals surface area (Å²) >= 11 is 0. The van der Waals surface area contributed by atoms with Gasteiger partial charge in [0.05, 0.1) is 19.3 Å². The van der Waals surface area contributed by atoms with E-state index in [1.165, 1.54) is 31.5 Å². The number of nitrogens with zero attached hydrogens (tertiary/aromatic N) is 1. The molecule has 1 aromatic carbocycles. The maximum Gasteiger partial charge on any atom is 0.362 e. The van der Waals surface area contributed by atoms with E-state index in [-0.39, 0.29) is 17.2 Å². The van der Waals surface area contributed by atoms with Gasteiger partial charge >= 0.3 is 11.9 Å². The van der Waals surface area contributed by atoms with Crippen LogP contribution in [0.4, 0.5) is 0 Å². The molecule has 6 heteroatoms. The Morgan fingerprint density at radius 1 is 1.00 bits per heavy atom. The Hall–Kier alpha value is -2.89. The second kappa shape index (κ2) is 10.2. The molecule has 0 fully saturated rings. The maximum atomic E-state index is 12.1. The van der Waals surface area contributed by atoms with E-state index in [9.17, 15) is 9.59 Å². The van der Waals surface area contributed by atoms with E-state index in [0.717, 1.165) is 25.7 Å². The number of carbonyl (C=O) groups excluding carboxylic acids is 2. The highest BCUT2D eigenvalue weighted by Crippen LogP contribution is 2.29. The highest BCUT2D eigenvalue weighted by molar-refractivity contribution is 5.91. The largest absolute Gasteiger partial charge is 0.493 e. The topological polar surface area (TPSA) is 74.7 Å². The number of methoxy groups -OCH3 is 1. The summed E-state index contributed by atoms with van der Waals surface area (Å²) in [6.07, 6.45) is 5.64. The van der Waals surface area contributed by atoms with Crippen molar-refractivity contribution in [3.05, 3.63) is 53.9 Å². The van der Waals surface area contributed by atoms with Gasteiger partial charge in [0.1, 0.15) is 5.69 Å². The van der Waals surface area contributed by atoms with Crippen molar-refractivity contribution in [3.8, 4) is 11.5 Å². The first-order valence-electron chi connectivity index (χ1n) is 8.64. The van der Waals surface area contributed by atoms with Crippen LogP contribution in [0.1, 0.15) is 53.5 Å². The molecule has 0 amide bonds. The lowest BCUT2D eigenvalue weighted by molar-refractivity contribution is 0.0497. The van der Waals surface area contributed by atoms with Crippen molar-refractivity contribution in [1.82, 2.24) is 4.98 Å². The van der Waals surface area contributed by atoms with Crippen LogP contribution in [0.2, 0.25) is 0 Å². The summed E-state index contributed by atoms with van der Waals surface area (Å²) in [6.45, 7) is 2.51. The molecule has 0 unspecified atom stereocenters. The predicted octanol–water partition coefficient (Wildman–Crippen LogP) is 4.05. The van der Waals surface area contributed by atoms with Gasteiger partial charge in [0.15, 0.2) is 11.5 Å². The summed E-state index contributed by atoms with van der Waals surface area (Å²) in [5.74, 6) is -0.546. The number of esters is 2. The van der Waals surface area contributed by atoms with Gasteiger partial charge in [-0.3, -0.25) is 0 Å². The molecule has 0 aliphatic heterocycles. The minimum absolute atomic E-state index is 0.185. The van der Waals surface area contributed by atoms with E-state index in [4.69, 9.17) is 14.2 Å². The number of hydrogen-bond donors (Lipinski definition) is 0. The molecular formula is C20H23NO5. The number of hydrogen-bond acceptors (Lipinski definition) is 6. The summed E-state index contributed by atoms with van der Waals surface area (Å²) in [4.78, 5) is 28.1. The fraction of sp³-hybridized carbons (Fsp3) is 0.350. The van der Waals surface area contributed by atoms with Crippen LogP contribution in [0.15, 0.2) is 42.6 Å². The zero-order chi connectivity index (χ0) is 18.8. The normalized spacial score (nSPS) is 10.2. The number of rotatable bonds is 9. The van der Waals surface area contributed by atoms with E-state index >= 15 is 0 Å². The van der Waals surface area contributed by atoms with Gasteiger partial charge in [-0.1, -0.05) is 32.3 Å². The number of benzene rings is 1. The van der Waals surface area contributed by atoms with Gasteiger partial charge < -0.3 is 14.2 Å². The molecule has 0 spiro atoms. The molecule has 2 aromatic rings. The third-order valence-corrected chi connectivity index (χ3v) is 3.71. The minimum Gasteiger partial charge on any atom is -0.493 e. The fourth-order valence-electron chi connectivity index (χ4n) is 2.29. The molecule has 1 aromatic heterocycles. The lowest BCUT2D eigenvalue weighted by Gasteiger charge is -2.11. The SMILES string of the molecule is CCCCCCOC(=O)c1ccc(OC(=O)c2ccccn2)c(OC)c1. The van der Waals surface area contributed by atoms with Crippen molar-refractivity contribution in [2.24, 2.45) is 0 Å². The molecule has 2 rings (SSSR count). The number of pyridine rings is 1. The third kappa shape index (κ3) is 5.58. The Morgan fingerprint density at radius 3 is 2.54 bits per heavy atom. The zero-order valence-corrected chi connectivity index (χ0v) is 15.1. The zero-order valence-electron chi connectivity index (χ0n) is 15.1. The molecule has 0 N–H and O–H groups in total. The lowest BCUT2D eigenvalue weighted by Crippen LogP contribution is -2.11. The molecule has 0 bridgehead atoms. The number of aromatic nitrogens is 1. The third-order valence-electron chi connectivity index (χ3n) is 3.71. The average Bonchev–Trinajstić information content (AvgIpc) is 2.68. The highest BCUT2D eigenvalue weighted by atomic mass is 16.6. The van der Waals surface area contributed by atoms with E-state index in [1.807, 2.05) is 0 Å². The Bertz CT molecular complexity index is 730. The number of ether oxygens (including phenoxy) is 3. The average molecular weight is 357 g/mol. The minimum atomic E-state index is -0.602. The molecule has 138 valence electrons. The molecule has 6 nitrogen and oxygen atoms in total. The standard InChI is InChI=1S/C20H23NO5/c1-3-4-5-8-13-25-19(22)15-10-11-17(18(14-15)24-2)26-20(23)16-9-6-7-12-21-16/h6-7,9-12,14H,3-5,8,13H2,1-2H3. The summed E-state index contributed by atoms with van der Waals surface area (Å²) in [5, 5.41) is 0. The van der Waals surface area contributed by atoms with Crippen LogP contribution < -0.4 is 9.47 Å². The van der Waals surface area contributed by atoms with E-state index in [0.29, 0.717) is 12.2 Å². The highest BCUT2D eigenvalue weighted by Gasteiger charge is 2.16. The summed E-state index contributed by atoms with van der Waals surface area (Å²) < 4.78 is 15.8. The Morgan fingerprint density at radius 2 is 1.85 bits per heavy atom. The smallest absolute Gasteiger partial charge is 0.362 e. The summed E-state index contributed by atoms with van der Waals surface area (Å²) in [5.41, 5.74) is 0.528. The van der Waals surface area contributed by atoms with Crippen LogP contribution in [0, 0.1) is 0 Å². The maximum absolute atomic E-state index is 12.1. The van der Waals surface area contributed by atoms with Gasteiger partial charge in [-0.05, 0) is 36.8 Å². The van der Waals surface area contributed by atoms with Crippen LogP contribution in [-0.2, 0) is 4.74 Å². The number of carbonyl (C=O) groups is 2. The molecule has 1 heterocycles. The summed E-state index contributed by atoms with van der Waals surface area (Å²) in [7, 11) is 1.44. The van der Waals surface area contributed by atoms with Gasteiger partial charge in [0.2, 0.25) is 0 Å². The van der Waals surface area contributed by atoms with Crippen LogP contribution in [0.25, 0.3) is 0 Å². The molecule has 0 aliphatic rings. The lowest BCUT2D eigenvalue weighted by atomic mass is 10.2. The van der Waals surface area contributed by atoms with Gasteiger partial charge in [-0.2, -0.15) is 0 Å². The fourth-order valence-corrected chi connectivity index (χ4v) is 2.29. The van der Waals surface area contributed by atoms with Crippen molar-refractivity contribution < 1.29 is 23.8 Å². The molecule has 0 saturated heterocycles. The van der Waals surface area contributed by atoms with Crippen LogP contribution >= 0.6 is 0 Å². The van der Waals surface area contributed by atoms with E-state index < -0.39 is 11.9 Å². The van der Waals surface area contributed by atoms with Crippen LogP contribution in [-0.4, -0.2) is 30.6 Å². The summed E-state index contributed by atoms with van der Waals surface area (Å²) in [6, 6.07) is 9.50. The van der Waals surface area contributed by atoms with Crippen molar-refractivity contribution in [2.45, 2.75) is 32.6 Å². The molecular weight excluding hydrogens is 334 g/mol. The quantitative estimate of drug-likeness (QED) is 0.383. The number of unbranched alkanes of at least 4 members (excludes halogenated alkanes) is 3. The second-order valence-electron chi connectivity index (χ2n) is 5.67. The van der Waals surface area contributed by atoms with Gasteiger partial charge in [0, 0.05) is 6.20 Å². The van der Waals surface area contributed by atoms with Crippen LogP contribution in [0.3, 0.4) is 0 Å². The van der Waals surface area contributed by atoms with E-state index in [2.05, 4.69) is 11.9 Å². The first-order valence-corrected chi connectivity index (χ1v) is 8.64. The molecule has 0 radical (unpaired) electrons. The van der Waals surface area contributed by atoms with E-state index in [1.54, 1.807) is 18.2 Å². The van der Waals surface area contributed by atoms with Gasteiger partial charge in [-0.15, -0.1) is 0 Å². The van der Waals surface area contributed by atoms with Crippen molar-refractivity contribution in [1.29, 1.82) is 0 Å².